The average Bonchev–Trinajstić information content (AvgIpc) is 2.49. The summed E-state index contributed by atoms with van der Waals surface area (Å²) in [5.74, 6) is 0. The van der Waals surface area contributed by atoms with Crippen LogP contribution in [0.25, 0.3) is 0 Å². The molecule has 74 valence electrons. The van der Waals surface area contributed by atoms with E-state index < -0.39 is 10.0 Å². The fraction of sp³-hybridized carbons (Fsp3) is 0.667. The molecule has 1 aromatic rings. The lowest BCUT2D eigenvalue weighted by Gasteiger charge is -2.09. The van der Waals surface area contributed by atoms with Crippen molar-refractivity contribution in [1.29, 1.82) is 0 Å². The first-order chi connectivity index (χ1) is 5.96. The van der Waals surface area contributed by atoms with Gasteiger partial charge in [0.05, 0.1) is 18.1 Å². The molecule has 6 nitrogen and oxygen atoms in total. The Morgan fingerprint density at radius 1 is 1.62 bits per heavy atom. The van der Waals surface area contributed by atoms with Crippen LogP contribution in [-0.2, 0) is 10.0 Å². The molecule has 0 amide bonds. The van der Waals surface area contributed by atoms with Crippen molar-refractivity contribution >= 4 is 10.0 Å². The second-order valence-electron chi connectivity index (χ2n) is 2.78. The highest BCUT2D eigenvalue weighted by Gasteiger charge is 2.16. The molecule has 0 aliphatic rings. The van der Waals surface area contributed by atoms with E-state index >= 15 is 0 Å². The number of hydrogen-bond donors (Lipinski definition) is 1. The van der Waals surface area contributed by atoms with Crippen LogP contribution in [-0.4, -0.2) is 36.1 Å². The van der Waals surface area contributed by atoms with Crippen molar-refractivity contribution in [2.24, 2.45) is 0 Å². The van der Waals surface area contributed by atoms with E-state index in [0.717, 1.165) is 10.3 Å². The zero-order chi connectivity index (χ0) is 10.1. The molecule has 1 aromatic heterocycles. The van der Waals surface area contributed by atoms with Crippen molar-refractivity contribution in [1.82, 2.24) is 19.7 Å². The summed E-state index contributed by atoms with van der Waals surface area (Å²) in [6.45, 7) is 1.83. The third-order valence-electron chi connectivity index (χ3n) is 1.73. The number of hydrogen-bond acceptors (Lipinski definition) is 5. The molecule has 0 fully saturated rings. The molecule has 1 N–H and O–H groups in total. The number of nitrogens with zero attached hydrogens (tertiary/aromatic N) is 3. The van der Waals surface area contributed by atoms with Gasteiger partial charge in [-0.05, 0) is 14.0 Å². The summed E-state index contributed by atoms with van der Waals surface area (Å²) in [5, 5.41) is 9.96. The first-order valence-corrected chi connectivity index (χ1v) is 5.60. The topological polar surface area (TPSA) is 76.9 Å². The molecule has 0 aliphatic heterocycles. The van der Waals surface area contributed by atoms with Crippen molar-refractivity contribution in [2.45, 2.75) is 13.0 Å². The van der Waals surface area contributed by atoms with Gasteiger partial charge >= 0.3 is 0 Å². The van der Waals surface area contributed by atoms with Crippen LogP contribution in [0.15, 0.2) is 6.20 Å². The summed E-state index contributed by atoms with van der Waals surface area (Å²) in [4.78, 5) is 0. The fourth-order valence-electron chi connectivity index (χ4n) is 0.916. The monoisotopic (exact) mass is 204 g/mol. The van der Waals surface area contributed by atoms with Gasteiger partial charge in [0, 0.05) is 6.04 Å². The lowest BCUT2D eigenvalue weighted by atomic mass is 10.3. The van der Waals surface area contributed by atoms with Gasteiger partial charge < -0.3 is 5.32 Å². The largest absolute Gasteiger partial charge is 0.312 e. The van der Waals surface area contributed by atoms with Crippen LogP contribution in [0.4, 0.5) is 0 Å². The van der Waals surface area contributed by atoms with Crippen molar-refractivity contribution in [3.8, 4) is 0 Å². The Morgan fingerprint density at radius 2 is 2.23 bits per heavy atom. The van der Waals surface area contributed by atoms with Crippen LogP contribution in [0.3, 0.4) is 0 Å². The lowest BCUT2D eigenvalue weighted by molar-refractivity contribution is 0.564. The van der Waals surface area contributed by atoms with E-state index in [-0.39, 0.29) is 6.04 Å². The first kappa shape index (κ1) is 10.1. The molecule has 0 spiro atoms. The van der Waals surface area contributed by atoms with Crippen molar-refractivity contribution in [3.05, 3.63) is 11.9 Å². The second-order valence-corrected chi connectivity index (χ2v) is 4.59. The zero-order valence-corrected chi connectivity index (χ0v) is 8.54. The maximum Gasteiger partial charge on any atom is 0.252 e. The van der Waals surface area contributed by atoms with Gasteiger partial charge in [-0.1, -0.05) is 5.21 Å². The van der Waals surface area contributed by atoms with Crippen molar-refractivity contribution < 1.29 is 8.42 Å². The Hall–Kier alpha value is -0.950. The maximum absolute atomic E-state index is 11.2. The van der Waals surface area contributed by atoms with Gasteiger partial charge in [0.1, 0.15) is 0 Å². The van der Waals surface area contributed by atoms with Crippen LogP contribution in [0.2, 0.25) is 0 Å². The summed E-state index contributed by atoms with van der Waals surface area (Å²) in [5.41, 5.74) is 0.532. The van der Waals surface area contributed by atoms with Gasteiger partial charge in [-0.15, -0.1) is 9.19 Å². The molecule has 1 heterocycles. The van der Waals surface area contributed by atoms with Gasteiger partial charge in [0.15, 0.2) is 0 Å². The minimum Gasteiger partial charge on any atom is -0.312 e. The van der Waals surface area contributed by atoms with Crippen molar-refractivity contribution in [3.63, 3.8) is 0 Å². The van der Waals surface area contributed by atoms with Gasteiger partial charge in [0.25, 0.3) is 10.0 Å². The molecule has 1 atom stereocenters. The quantitative estimate of drug-likeness (QED) is 0.709. The molecule has 0 radical (unpaired) electrons. The van der Waals surface area contributed by atoms with Crippen LogP contribution in [0.5, 0.6) is 0 Å². The minimum absolute atomic E-state index is 0.0928. The van der Waals surface area contributed by atoms with Gasteiger partial charge in [0.2, 0.25) is 0 Å². The standard InChI is InChI=1S/C6H12N4O2S/c1-5(7-2)6-4-8-9-10(6)13(3,11)12/h4-5,7H,1-3H3. The lowest BCUT2D eigenvalue weighted by Crippen LogP contribution is -2.21. The van der Waals surface area contributed by atoms with E-state index in [4.69, 9.17) is 0 Å². The second kappa shape index (κ2) is 3.43. The molecule has 13 heavy (non-hydrogen) atoms. The zero-order valence-electron chi connectivity index (χ0n) is 7.72. The van der Waals surface area contributed by atoms with Gasteiger partial charge in [-0.3, -0.25) is 0 Å². The van der Waals surface area contributed by atoms with E-state index in [1.807, 2.05) is 6.92 Å². The summed E-state index contributed by atoms with van der Waals surface area (Å²) < 4.78 is 23.3. The Bertz CT molecular complexity index is 383. The molecule has 0 aromatic carbocycles. The van der Waals surface area contributed by atoms with E-state index in [0.29, 0.717) is 5.69 Å². The summed E-state index contributed by atoms with van der Waals surface area (Å²) in [6.07, 6.45) is 2.52. The molecule has 7 heteroatoms. The number of rotatable bonds is 3. The molecule has 1 rings (SSSR count). The van der Waals surface area contributed by atoms with Gasteiger partial charge in [-0.2, -0.15) is 0 Å². The van der Waals surface area contributed by atoms with Crippen LogP contribution >= 0.6 is 0 Å². The summed E-state index contributed by atoms with van der Waals surface area (Å²) >= 11 is 0. The molecule has 0 saturated heterocycles. The van der Waals surface area contributed by atoms with E-state index in [2.05, 4.69) is 15.6 Å². The Balaban J connectivity index is 3.18. The molecule has 0 saturated carbocycles. The van der Waals surface area contributed by atoms with E-state index in [1.165, 1.54) is 6.20 Å². The predicted molar refractivity (Wildman–Crippen MR) is 47.7 cm³/mol. The van der Waals surface area contributed by atoms with E-state index in [9.17, 15) is 8.42 Å². The minimum atomic E-state index is -3.34. The number of aromatic nitrogens is 3. The van der Waals surface area contributed by atoms with Crippen LogP contribution in [0.1, 0.15) is 18.7 Å². The highest BCUT2D eigenvalue weighted by atomic mass is 32.2. The highest BCUT2D eigenvalue weighted by molar-refractivity contribution is 7.89. The Morgan fingerprint density at radius 3 is 2.69 bits per heavy atom. The predicted octanol–water partition coefficient (Wildman–Crippen LogP) is -0.634. The molecule has 1 unspecified atom stereocenters. The van der Waals surface area contributed by atoms with Crippen LogP contribution in [0, 0.1) is 0 Å². The highest BCUT2D eigenvalue weighted by Crippen LogP contribution is 2.10. The van der Waals surface area contributed by atoms with E-state index in [1.54, 1.807) is 7.05 Å². The average molecular weight is 204 g/mol. The number of nitrogens with one attached hydrogen (secondary N) is 1. The van der Waals surface area contributed by atoms with Gasteiger partial charge in [-0.25, -0.2) is 8.42 Å². The molecular weight excluding hydrogens is 192 g/mol. The SMILES string of the molecule is CNC(C)c1cnnn1S(C)(=O)=O. The molecular formula is C6H12N4O2S. The summed E-state index contributed by atoms with van der Waals surface area (Å²) in [6, 6.07) is -0.0928. The fourth-order valence-corrected chi connectivity index (χ4v) is 1.68. The molecule has 0 aliphatic carbocycles. The first-order valence-electron chi connectivity index (χ1n) is 3.75. The Kier molecular flexibility index (Phi) is 2.67. The Labute approximate surface area is 77.0 Å². The van der Waals surface area contributed by atoms with Crippen LogP contribution < -0.4 is 5.32 Å². The summed E-state index contributed by atoms with van der Waals surface area (Å²) in [7, 11) is -1.60. The third kappa shape index (κ3) is 2.04. The van der Waals surface area contributed by atoms with Crippen molar-refractivity contribution in [2.75, 3.05) is 13.3 Å². The normalized spacial score (nSPS) is 14.4. The molecule has 0 bridgehead atoms. The smallest absolute Gasteiger partial charge is 0.252 e. The maximum atomic E-state index is 11.2. The third-order valence-corrected chi connectivity index (χ3v) is 2.65.